The number of nitrogens with one attached hydrogen (secondary N) is 2. The highest BCUT2D eigenvalue weighted by Gasteiger charge is 2.30. The van der Waals surface area contributed by atoms with Crippen molar-refractivity contribution in [3.05, 3.63) is 106 Å². The zero-order valence-corrected chi connectivity index (χ0v) is 37.1. The highest BCUT2D eigenvalue weighted by atomic mass is 35.5. The van der Waals surface area contributed by atoms with Crippen LogP contribution in [0.4, 0.5) is 5.69 Å². The third kappa shape index (κ3) is 10.3. The molecule has 61 heavy (non-hydrogen) atoms. The van der Waals surface area contributed by atoms with Crippen molar-refractivity contribution in [3.8, 4) is 17.4 Å². The van der Waals surface area contributed by atoms with Gasteiger partial charge < -0.3 is 24.1 Å². The predicted octanol–water partition coefficient (Wildman–Crippen LogP) is 9.55. The number of nitrogens with zero attached hydrogens (tertiary/aromatic N) is 4. The summed E-state index contributed by atoms with van der Waals surface area (Å²) in [5, 5.41) is 1.59. The van der Waals surface area contributed by atoms with Crippen LogP contribution in [-0.4, -0.2) is 86.7 Å². The lowest BCUT2D eigenvalue weighted by molar-refractivity contribution is 0.0478. The van der Waals surface area contributed by atoms with Crippen molar-refractivity contribution in [1.29, 1.82) is 0 Å². The first-order valence-electron chi connectivity index (χ1n) is 20.9. The van der Waals surface area contributed by atoms with E-state index < -0.39 is 15.9 Å². The molecule has 2 fully saturated rings. The van der Waals surface area contributed by atoms with Crippen molar-refractivity contribution in [3.63, 3.8) is 0 Å². The van der Waals surface area contributed by atoms with E-state index in [1.54, 1.807) is 31.6 Å². The molecule has 4 heterocycles. The number of allylic oxidation sites excluding steroid dienone is 1. The fourth-order valence-electron chi connectivity index (χ4n) is 8.61. The number of hydrogen-bond donors (Lipinski definition) is 2. The average Bonchev–Trinajstić information content (AvgIpc) is 3.72. The number of ether oxygens (including phenoxy) is 3. The van der Waals surface area contributed by atoms with Crippen LogP contribution in [0, 0.1) is 11.3 Å². The van der Waals surface area contributed by atoms with E-state index in [0.717, 1.165) is 100.0 Å². The number of carbonyl (C=O) groups is 1. The molecule has 3 aliphatic rings. The minimum atomic E-state index is -4.40. The molecule has 2 aliphatic carbocycles. The van der Waals surface area contributed by atoms with Crippen LogP contribution in [0.5, 0.6) is 17.4 Å². The first-order chi connectivity index (χ1) is 29.3. The van der Waals surface area contributed by atoms with Gasteiger partial charge in [0.05, 0.1) is 30.7 Å². The molecule has 1 amide bonds. The Morgan fingerprint density at radius 3 is 2.46 bits per heavy atom. The Hall–Kier alpha value is -4.66. The second-order valence-corrected chi connectivity index (χ2v) is 19.7. The van der Waals surface area contributed by atoms with E-state index in [1.165, 1.54) is 22.8 Å². The van der Waals surface area contributed by atoms with Gasteiger partial charge in [0.2, 0.25) is 5.88 Å². The average molecular weight is 888 g/mol. The van der Waals surface area contributed by atoms with E-state index in [2.05, 4.69) is 55.5 Å². The number of H-pyrrole nitrogens is 1. The Kier molecular flexibility index (Phi) is 12.9. The number of aromatic nitrogens is 3. The molecular formula is C46H52Cl2N6O6S. The van der Waals surface area contributed by atoms with Crippen LogP contribution < -0.4 is 19.1 Å². The van der Waals surface area contributed by atoms with E-state index in [-0.39, 0.29) is 38.6 Å². The quantitative estimate of drug-likeness (QED) is 0.118. The van der Waals surface area contributed by atoms with Crippen LogP contribution >= 0.6 is 23.2 Å². The molecule has 0 spiro atoms. The number of anilines is 1. The summed E-state index contributed by atoms with van der Waals surface area (Å²) in [7, 11) is -2.67. The number of aromatic amines is 1. The van der Waals surface area contributed by atoms with Gasteiger partial charge in [-0.25, -0.2) is 23.1 Å². The van der Waals surface area contributed by atoms with Gasteiger partial charge in [0.15, 0.2) is 0 Å². The molecule has 0 unspecified atom stereocenters. The molecule has 2 aromatic carbocycles. The van der Waals surface area contributed by atoms with E-state index in [0.29, 0.717) is 23.9 Å². The number of rotatable bonds is 13. The summed E-state index contributed by atoms with van der Waals surface area (Å²) in [5.74, 6) is 0.174. The second-order valence-electron chi connectivity index (χ2n) is 17.1. The molecule has 0 bridgehead atoms. The molecular weight excluding hydrogens is 836 g/mol. The molecule has 0 radical (unpaired) electrons. The van der Waals surface area contributed by atoms with Gasteiger partial charge in [-0.2, -0.15) is 0 Å². The van der Waals surface area contributed by atoms with E-state index >= 15 is 0 Å². The van der Waals surface area contributed by atoms with Crippen LogP contribution in [-0.2, 0) is 14.8 Å². The number of piperazine rings is 1. The number of methoxy groups -OCH3 is 1. The van der Waals surface area contributed by atoms with Crippen LogP contribution in [0.2, 0.25) is 10.0 Å². The second kappa shape index (κ2) is 18.4. The maximum absolute atomic E-state index is 13.9. The molecule has 5 aromatic rings. The third-order valence-electron chi connectivity index (χ3n) is 12.2. The van der Waals surface area contributed by atoms with Gasteiger partial charge in [-0.1, -0.05) is 54.8 Å². The summed E-state index contributed by atoms with van der Waals surface area (Å²) in [6.45, 7) is 9.22. The summed E-state index contributed by atoms with van der Waals surface area (Å²) in [6, 6.07) is 18.4. The standard InChI is InChI=1S/C46H52Cl2N6O6S/c1-46(2)16-14-33(40(25-46)31-6-8-34(47)9-7-31)28-53-18-20-54(21-19-53)35-10-13-39(42(23-35)60-37-22-32-15-17-49-43(32)50-26-37)44(55)52-61(56,57)38-24-41(48)45(51-27-38)59-29-30-4-11-36(58-3)12-5-30/h6-10,13,15,17,22-24,26-27,30,36H,4-5,11-12,14,16,18-21,25,28-29H2,1-3H3,(H,49,50)(H,52,55)/t30-,36+. The lowest BCUT2D eigenvalue weighted by Crippen LogP contribution is -2.47. The normalized spacial score (nSPS) is 19.9. The molecule has 322 valence electrons. The maximum Gasteiger partial charge on any atom is 0.268 e. The van der Waals surface area contributed by atoms with Gasteiger partial charge >= 0.3 is 0 Å². The van der Waals surface area contributed by atoms with Crippen LogP contribution in [0.1, 0.15) is 74.7 Å². The largest absolute Gasteiger partial charge is 0.476 e. The van der Waals surface area contributed by atoms with Gasteiger partial charge in [-0.3, -0.25) is 9.69 Å². The zero-order chi connectivity index (χ0) is 42.7. The smallest absolute Gasteiger partial charge is 0.268 e. The number of halogens is 2. The van der Waals surface area contributed by atoms with E-state index in [9.17, 15) is 13.2 Å². The molecule has 3 aromatic heterocycles. The van der Waals surface area contributed by atoms with Crippen molar-refractivity contribution in [2.45, 2.75) is 69.8 Å². The van der Waals surface area contributed by atoms with Crippen molar-refractivity contribution >= 4 is 61.4 Å². The van der Waals surface area contributed by atoms with Crippen molar-refractivity contribution in [2.75, 3.05) is 51.3 Å². The maximum atomic E-state index is 13.9. The number of benzene rings is 2. The lowest BCUT2D eigenvalue weighted by Gasteiger charge is -2.39. The fourth-order valence-corrected chi connectivity index (χ4v) is 9.96. The minimum Gasteiger partial charge on any atom is -0.476 e. The Morgan fingerprint density at radius 1 is 0.951 bits per heavy atom. The monoisotopic (exact) mass is 886 g/mol. The molecule has 1 aliphatic heterocycles. The van der Waals surface area contributed by atoms with Gasteiger partial charge in [0, 0.05) is 68.2 Å². The molecule has 1 saturated heterocycles. The number of pyridine rings is 2. The summed E-state index contributed by atoms with van der Waals surface area (Å²) in [5.41, 5.74) is 5.97. The van der Waals surface area contributed by atoms with Crippen molar-refractivity contribution in [2.24, 2.45) is 11.3 Å². The van der Waals surface area contributed by atoms with Gasteiger partial charge in [-0.05, 0) is 110 Å². The third-order valence-corrected chi connectivity index (χ3v) is 14.1. The van der Waals surface area contributed by atoms with Gasteiger partial charge in [-0.15, -0.1) is 0 Å². The molecule has 2 N–H and O–H groups in total. The Morgan fingerprint density at radius 2 is 1.72 bits per heavy atom. The molecule has 1 saturated carbocycles. The molecule has 12 nitrogen and oxygen atoms in total. The summed E-state index contributed by atoms with van der Waals surface area (Å²) in [6.07, 6.45) is 11.8. The SMILES string of the molecule is CO[C@H]1CC[C@@H](COc2ncc(S(=O)(=O)NC(=O)c3ccc(N4CCN(CC5=C(c6ccc(Cl)cc6)CC(C)(C)CC5)CC4)cc3Oc3cnc4[nH]ccc4c3)cc2Cl)CC1. The van der Waals surface area contributed by atoms with Gasteiger partial charge in [0.25, 0.3) is 15.9 Å². The zero-order valence-electron chi connectivity index (χ0n) is 34.8. The number of amides is 1. The summed E-state index contributed by atoms with van der Waals surface area (Å²) >= 11 is 12.7. The van der Waals surface area contributed by atoms with Gasteiger partial charge in [0.1, 0.15) is 27.1 Å². The lowest BCUT2D eigenvalue weighted by atomic mass is 9.72. The summed E-state index contributed by atoms with van der Waals surface area (Å²) in [4.78, 5) is 30.1. The summed E-state index contributed by atoms with van der Waals surface area (Å²) < 4.78 is 47.1. The minimum absolute atomic E-state index is 0.0310. The van der Waals surface area contributed by atoms with Crippen LogP contribution in [0.15, 0.2) is 89.7 Å². The first-order valence-corrected chi connectivity index (χ1v) is 23.1. The Labute approximate surface area is 367 Å². The fraction of sp³-hybridized carbons (Fsp3) is 0.413. The van der Waals surface area contributed by atoms with Crippen molar-refractivity contribution < 1.29 is 27.4 Å². The molecule has 0 atom stereocenters. The van der Waals surface area contributed by atoms with Crippen molar-refractivity contribution in [1.82, 2.24) is 24.6 Å². The highest BCUT2D eigenvalue weighted by Crippen LogP contribution is 2.43. The van der Waals surface area contributed by atoms with Crippen LogP contribution in [0.3, 0.4) is 0 Å². The molecule has 8 rings (SSSR count). The van der Waals surface area contributed by atoms with E-state index in [4.69, 9.17) is 37.4 Å². The number of fused-ring (bicyclic) bond motifs is 1. The molecule has 15 heteroatoms. The number of sulfonamides is 1. The number of hydrogen-bond acceptors (Lipinski definition) is 10. The van der Waals surface area contributed by atoms with E-state index in [1.807, 2.05) is 30.3 Å². The predicted molar refractivity (Wildman–Crippen MR) is 239 cm³/mol. The Bertz CT molecular complexity index is 2510. The highest BCUT2D eigenvalue weighted by molar-refractivity contribution is 7.90. The topological polar surface area (TPSA) is 139 Å². The first kappa shape index (κ1) is 43.0. The number of carbonyl (C=O) groups excluding carboxylic acids is 1. The Balaban J connectivity index is 0.972. The van der Waals surface area contributed by atoms with Crippen LogP contribution in [0.25, 0.3) is 16.6 Å².